The van der Waals surface area contributed by atoms with E-state index in [-0.39, 0.29) is 10.7 Å². The number of benzene rings is 1. The summed E-state index contributed by atoms with van der Waals surface area (Å²) < 4.78 is 47.9. The molecule has 0 aliphatic rings. The molecule has 0 unspecified atom stereocenters. The van der Waals surface area contributed by atoms with Gasteiger partial charge >= 0.3 is 6.18 Å². The third-order valence-corrected chi connectivity index (χ3v) is 1.57. The van der Waals surface area contributed by atoms with Crippen molar-refractivity contribution in [3.8, 4) is 0 Å². The highest BCUT2D eigenvalue weighted by molar-refractivity contribution is 6.30. The van der Waals surface area contributed by atoms with Gasteiger partial charge in [0, 0.05) is 10.7 Å². The van der Waals surface area contributed by atoms with Gasteiger partial charge in [-0.15, -0.1) is 0 Å². The van der Waals surface area contributed by atoms with Gasteiger partial charge in [-0.25, -0.2) is 4.39 Å². The van der Waals surface area contributed by atoms with Gasteiger partial charge in [-0.05, 0) is 18.2 Å². The predicted molar refractivity (Wildman–Crippen MR) is 46.0 cm³/mol. The normalized spacial score (nSPS) is 11.5. The summed E-state index contributed by atoms with van der Waals surface area (Å²) in [7, 11) is 0. The van der Waals surface area contributed by atoms with Crippen molar-refractivity contribution < 1.29 is 17.6 Å². The molecule has 0 bridgehead atoms. The molecule has 1 nitrogen and oxygen atoms in total. The van der Waals surface area contributed by atoms with Crippen molar-refractivity contribution in [3.63, 3.8) is 0 Å². The number of rotatable bonds is 2. The zero-order valence-corrected chi connectivity index (χ0v) is 7.58. The fourth-order valence-corrected chi connectivity index (χ4v) is 1.08. The van der Waals surface area contributed by atoms with Crippen molar-refractivity contribution in [2.45, 2.75) is 6.18 Å². The molecule has 0 aliphatic carbocycles. The molecule has 0 atom stereocenters. The summed E-state index contributed by atoms with van der Waals surface area (Å²) in [5.41, 5.74) is 0.00678. The summed E-state index contributed by atoms with van der Waals surface area (Å²) in [6, 6.07) is 3.17. The van der Waals surface area contributed by atoms with Crippen LogP contribution in [0.25, 0.3) is 0 Å². The highest BCUT2D eigenvalue weighted by Gasteiger charge is 2.26. The second-order valence-electron chi connectivity index (χ2n) is 2.63. The van der Waals surface area contributed by atoms with Gasteiger partial charge in [-0.3, -0.25) is 0 Å². The van der Waals surface area contributed by atoms with Gasteiger partial charge in [0.1, 0.15) is 12.4 Å². The molecule has 1 N–H and O–H groups in total. The lowest BCUT2D eigenvalue weighted by Crippen LogP contribution is -2.21. The van der Waals surface area contributed by atoms with E-state index in [1.807, 2.05) is 5.32 Å². The van der Waals surface area contributed by atoms with Crippen molar-refractivity contribution in [2.75, 3.05) is 11.9 Å². The maximum atomic E-state index is 12.6. The number of hydrogen-bond acceptors (Lipinski definition) is 1. The lowest BCUT2D eigenvalue weighted by molar-refractivity contribution is -0.115. The van der Waals surface area contributed by atoms with E-state index in [0.29, 0.717) is 0 Å². The molecule has 0 saturated carbocycles. The van der Waals surface area contributed by atoms with Crippen LogP contribution in [0.5, 0.6) is 0 Å². The molecule has 1 aromatic rings. The van der Waals surface area contributed by atoms with Crippen LogP contribution in [0.1, 0.15) is 0 Å². The Hall–Kier alpha value is -0.970. The van der Waals surface area contributed by atoms with Gasteiger partial charge in [0.05, 0.1) is 0 Å². The van der Waals surface area contributed by atoms with E-state index < -0.39 is 18.5 Å². The molecule has 0 heterocycles. The molecule has 0 aliphatic heterocycles. The molecule has 0 saturated heterocycles. The molecule has 6 heteroatoms. The van der Waals surface area contributed by atoms with E-state index >= 15 is 0 Å². The Balaban J connectivity index is 2.68. The first-order chi connectivity index (χ1) is 6.37. The van der Waals surface area contributed by atoms with Crippen LogP contribution in [0.4, 0.5) is 23.2 Å². The maximum Gasteiger partial charge on any atom is 0.405 e. The number of anilines is 1. The van der Waals surface area contributed by atoms with Crippen LogP contribution in [0.2, 0.25) is 5.02 Å². The second kappa shape index (κ2) is 4.04. The number of hydrogen-bond donors (Lipinski definition) is 1. The van der Waals surface area contributed by atoms with E-state index in [4.69, 9.17) is 11.6 Å². The molecule has 1 aromatic carbocycles. The lowest BCUT2D eigenvalue weighted by Gasteiger charge is -2.09. The third kappa shape index (κ3) is 3.83. The minimum atomic E-state index is -4.33. The smallest absolute Gasteiger partial charge is 0.376 e. The Bertz CT molecular complexity index is 303. The van der Waals surface area contributed by atoms with Crippen LogP contribution in [-0.4, -0.2) is 12.7 Å². The molecule has 0 amide bonds. The first-order valence-electron chi connectivity index (χ1n) is 3.63. The number of halogens is 5. The molecule has 0 spiro atoms. The minimum absolute atomic E-state index is 0.00678. The molecule has 1 rings (SSSR count). The SMILES string of the molecule is Fc1cc(Cl)cc(NCC(F)(F)F)c1. The first-order valence-corrected chi connectivity index (χ1v) is 4.01. The summed E-state index contributed by atoms with van der Waals surface area (Å²) in [6.07, 6.45) is -4.33. The minimum Gasteiger partial charge on any atom is -0.376 e. The topological polar surface area (TPSA) is 12.0 Å². The summed E-state index contributed by atoms with van der Waals surface area (Å²) in [4.78, 5) is 0. The molecule has 0 fully saturated rings. The zero-order chi connectivity index (χ0) is 10.8. The van der Waals surface area contributed by atoms with E-state index in [0.717, 1.165) is 12.1 Å². The van der Waals surface area contributed by atoms with Crippen LogP contribution in [-0.2, 0) is 0 Å². The molecule has 0 radical (unpaired) electrons. The molecule has 14 heavy (non-hydrogen) atoms. The quantitative estimate of drug-likeness (QED) is 0.763. The largest absolute Gasteiger partial charge is 0.405 e. The molecular formula is C8H6ClF4N. The van der Waals surface area contributed by atoms with Gasteiger partial charge < -0.3 is 5.32 Å². The van der Waals surface area contributed by atoms with E-state index in [1.165, 1.54) is 6.07 Å². The average Bonchev–Trinajstić information content (AvgIpc) is 1.97. The second-order valence-corrected chi connectivity index (χ2v) is 3.06. The van der Waals surface area contributed by atoms with Crippen LogP contribution in [0.15, 0.2) is 18.2 Å². The lowest BCUT2D eigenvalue weighted by atomic mass is 10.3. The fourth-order valence-electron chi connectivity index (χ4n) is 0.858. The summed E-state index contributed by atoms with van der Waals surface area (Å²) in [5.74, 6) is -0.679. The molecule has 0 aromatic heterocycles. The van der Waals surface area contributed by atoms with Crippen LogP contribution >= 0.6 is 11.6 Å². The first kappa shape index (κ1) is 11.1. The predicted octanol–water partition coefficient (Wildman–Crippen LogP) is 3.45. The van der Waals surface area contributed by atoms with Gasteiger partial charge in [0.15, 0.2) is 0 Å². The maximum absolute atomic E-state index is 12.6. The van der Waals surface area contributed by atoms with Crippen LogP contribution < -0.4 is 5.32 Å². The number of alkyl halides is 3. The zero-order valence-electron chi connectivity index (χ0n) is 6.83. The Morgan fingerprint density at radius 3 is 2.36 bits per heavy atom. The Labute approximate surface area is 82.7 Å². The third-order valence-electron chi connectivity index (χ3n) is 1.36. The summed E-state index contributed by atoms with van der Waals surface area (Å²) in [5, 5.41) is 2.07. The van der Waals surface area contributed by atoms with Gasteiger partial charge in [-0.1, -0.05) is 11.6 Å². The molecular weight excluding hydrogens is 222 g/mol. The highest BCUT2D eigenvalue weighted by atomic mass is 35.5. The van der Waals surface area contributed by atoms with Gasteiger partial charge in [-0.2, -0.15) is 13.2 Å². The van der Waals surface area contributed by atoms with Crippen LogP contribution in [0, 0.1) is 5.82 Å². The molecule has 78 valence electrons. The highest BCUT2D eigenvalue weighted by Crippen LogP contribution is 2.20. The monoisotopic (exact) mass is 227 g/mol. The van der Waals surface area contributed by atoms with Crippen molar-refractivity contribution in [2.24, 2.45) is 0 Å². The fraction of sp³-hybridized carbons (Fsp3) is 0.250. The van der Waals surface area contributed by atoms with Gasteiger partial charge in [0.2, 0.25) is 0 Å². The van der Waals surface area contributed by atoms with E-state index in [9.17, 15) is 17.6 Å². The summed E-state index contributed by atoms with van der Waals surface area (Å²) in [6.45, 7) is -1.22. The van der Waals surface area contributed by atoms with Crippen LogP contribution in [0.3, 0.4) is 0 Å². The number of nitrogens with one attached hydrogen (secondary N) is 1. The standard InChI is InChI=1S/C8H6ClF4N/c9-5-1-6(10)3-7(2-5)14-4-8(11,12)13/h1-3,14H,4H2. The summed E-state index contributed by atoms with van der Waals surface area (Å²) >= 11 is 5.44. The Kier molecular flexibility index (Phi) is 3.21. The Morgan fingerprint density at radius 1 is 1.21 bits per heavy atom. The van der Waals surface area contributed by atoms with E-state index in [1.54, 1.807) is 0 Å². The average molecular weight is 228 g/mol. The van der Waals surface area contributed by atoms with Crippen molar-refractivity contribution in [3.05, 3.63) is 29.0 Å². The van der Waals surface area contributed by atoms with E-state index in [2.05, 4.69) is 0 Å². The Morgan fingerprint density at radius 2 is 1.86 bits per heavy atom. The van der Waals surface area contributed by atoms with Gasteiger partial charge in [0.25, 0.3) is 0 Å². The van der Waals surface area contributed by atoms with Crippen molar-refractivity contribution in [1.82, 2.24) is 0 Å². The van der Waals surface area contributed by atoms with Crippen molar-refractivity contribution in [1.29, 1.82) is 0 Å². The van der Waals surface area contributed by atoms with Crippen molar-refractivity contribution >= 4 is 17.3 Å².